The topological polar surface area (TPSA) is 28.7 Å². The van der Waals surface area contributed by atoms with Gasteiger partial charge in [-0.25, -0.2) is 4.98 Å². The molecule has 0 spiro atoms. The van der Waals surface area contributed by atoms with Crippen molar-refractivity contribution in [3.63, 3.8) is 0 Å². The van der Waals surface area contributed by atoms with Crippen LogP contribution in [-0.2, 0) is 12.2 Å². The van der Waals surface area contributed by atoms with Gasteiger partial charge in [-0.05, 0) is 28.8 Å². The number of thioether (sulfide) groups is 1. The highest BCUT2D eigenvalue weighted by Gasteiger charge is 2.06. The van der Waals surface area contributed by atoms with E-state index >= 15 is 0 Å². The third-order valence-corrected chi connectivity index (χ3v) is 5.17. The number of nitrogens with zero attached hydrogens (tertiary/aromatic N) is 1. The van der Waals surface area contributed by atoms with E-state index in [9.17, 15) is 0 Å². The predicted octanol–water partition coefficient (Wildman–Crippen LogP) is 4.50. The van der Waals surface area contributed by atoms with Gasteiger partial charge in [-0.2, -0.15) is 11.8 Å². The molecular weight excluding hydrogens is 304 g/mol. The van der Waals surface area contributed by atoms with Crippen molar-refractivity contribution in [2.75, 3.05) is 0 Å². The Labute approximate surface area is 115 Å². The van der Waals surface area contributed by atoms with Gasteiger partial charge in [0.25, 0.3) is 0 Å². The minimum Gasteiger partial charge on any atom is -0.345 e. The predicted molar refractivity (Wildman–Crippen MR) is 77.5 cm³/mol. The Bertz CT molecular complexity index is 403. The zero-order valence-electron chi connectivity index (χ0n) is 9.84. The molecule has 1 aromatic rings. The molecule has 0 amide bonds. The molecule has 1 aromatic heterocycles. The highest BCUT2D eigenvalue weighted by molar-refractivity contribution is 9.10. The summed E-state index contributed by atoms with van der Waals surface area (Å²) >= 11 is 10.6. The van der Waals surface area contributed by atoms with Gasteiger partial charge < -0.3 is 4.98 Å². The summed E-state index contributed by atoms with van der Waals surface area (Å²) in [4.78, 5) is 7.72. The number of nitrogens with one attached hydrogen (secondary N) is 1. The Morgan fingerprint density at radius 2 is 2.19 bits per heavy atom. The van der Waals surface area contributed by atoms with Gasteiger partial charge in [-0.15, -0.1) is 0 Å². The van der Waals surface area contributed by atoms with E-state index in [0.717, 1.165) is 28.2 Å². The lowest BCUT2D eigenvalue weighted by Gasteiger charge is -2.09. The second-order valence-corrected chi connectivity index (χ2v) is 6.27. The van der Waals surface area contributed by atoms with Gasteiger partial charge in [-0.3, -0.25) is 0 Å². The van der Waals surface area contributed by atoms with Crippen molar-refractivity contribution in [1.82, 2.24) is 9.97 Å². The smallest absolute Gasteiger partial charge is 0.144 e. The standard InChI is InChI=1S/C11H17BrN2S2/c1-4-7(3)16-6-9-13-8(5-2)10(12)11(15)14-9/h7H,4-6H2,1-3H3,(H,13,14,15). The molecule has 0 radical (unpaired) electrons. The summed E-state index contributed by atoms with van der Waals surface area (Å²) < 4.78 is 1.60. The Balaban J connectivity index is 2.82. The molecule has 0 bridgehead atoms. The molecular formula is C11H17BrN2S2. The van der Waals surface area contributed by atoms with Crippen LogP contribution in [0.2, 0.25) is 0 Å². The van der Waals surface area contributed by atoms with Crippen molar-refractivity contribution in [3.8, 4) is 0 Å². The number of rotatable bonds is 5. The molecule has 1 rings (SSSR count). The molecule has 90 valence electrons. The zero-order valence-corrected chi connectivity index (χ0v) is 13.1. The van der Waals surface area contributed by atoms with E-state index in [0.29, 0.717) is 9.89 Å². The number of hydrogen-bond acceptors (Lipinski definition) is 3. The fourth-order valence-corrected chi connectivity index (χ4v) is 2.73. The average Bonchev–Trinajstić information content (AvgIpc) is 2.29. The normalized spacial score (nSPS) is 12.8. The lowest BCUT2D eigenvalue weighted by molar-refractivity contribution is 0.891. The lowest BCUT2D eigenvalue weighted by Crippen LogP contribution is -2.02. The minimum absolute atomic E-state index is 0.662. The fourth-order valence-electron chi connectivity index (χ4n) is 1.21. The molecule has 16 heavy (non-hydrogen) atoms. The minimum atomic E-state index is 0.662. The van der Waals surface area contributed by atoms with Crippen LogP contribution in [0.4, 0.5) is 0 Å². The molecule has 1 unspecified atom stereocenters. The monoisotopic (exact) mass is 320 g/mol. The van der Waals surface area contributed by atoms with Crippen molar-refractivity contribution < 1.29 is 0 Å². The number of halogens is 1. The van der Waals surface area contributed by atoms with Gasteiger partial charge in [0.15, 0.2) is 0 Å². The van der Waals surface area contributed by atoms with Crippen LogP contribution in [0.25, 0.3) is 0 Å². The molecule has 1 N–H and O–H groups in total. The van der Waals surface area contributed by atoms with Crippen molar-refractivity contribution in [1.29, 1.82) is 0 Å². The average molecular weight is 321 g/mol. The van der Waals surface area contributed by atoms with E-state index in [-0.39, 0.29) is 0 Å². The summed E-state index contributed by atoms with van der Waals surface area (Å²) in [5.74, 6) is 1.88. The van der Waals surface area contributed by atoms with Gasteiger partial charge in [0.1, 0.15) is 10.5 Å². The van der Waals surface area contributed by atoms with Crippen molar-refractivity contribution in [3.05, 3.63) is 20.6 Å². The third kappa shape index (κ3) is 3.86. The maximum atomic E-state index is 5.22. The fraction of sp³-hybridized carbons (Fsp3) is 0.636. The molecule has 0 aliphatic rings. The molecule has 0 saturated carbocycles. The van der Waals surface area contributed by atoms with Gasteiger partial charge in [0.05, 0.1) is 10.2 Å². The van der Waals surface area contributed by atoms with Crippen LogP contribution in [0.1, 0.15) is 38.7 Å². The number of hydrogen-bond donors (Lipinski definition) is 1. The second-order valence-electron chi connectivity index (χ2n) is 3.66. The Morgan fingerprint density at radius 3 is 2.75 bits per heavy atom. The SMILES string of the molecule is CCc1[nH]c(CSC(C)CC)nc(=S)c1Br. The largest absolute Gasteiger partial charge is 0.345 e. The van der Waals surface area contributed by atoms with E-state index in [1.807, 2.05) is 11.8 Å². The molecule has 0 aliphatic heterocycles. The first kappa shape index (κ1) is 14.2. The van der Waals surface area contributed by atoms with E-state index in [1.165, 1.54) is 6.42 Å². The summed E-state index contributed by atoms with van der Waals surface area (Å²) in [6.45, 7) is 6.54. The van der Waals surface area contributed by atoms with Gasteiger partial charge >= 0.3 is 0 Å². The number of H-pyrrole nitrogens is 1. The second kappa shape index (κ2) is 6.77. The van der Waals surface area contributed by atoms with Crippen molar-refractivity contribution in [2.24, 2.45) is 0 Å². The first-order valence-corrected chi connectivity index (χ1v) is 7.72. The molecule has 0 saturated heterocycles. The molecule has 0 fully saturated rings. The Kier molecular flexibility index (Phi) is 6.00. The van der Waals surface area contributed by atoms with Crippen LogP contribution in [0.3, 0.4) is 0 Å². The van der Waals surface area contributed by atoms with Crippen LogP contribution in [0.15, 0.2) is 4.47 Å². The summed E-state index contributed by atoms with van der Waals surface area (Å²) in [5.41, 5.74) is 1.14. The number of aromatic nitrogens is 2. The van der Waals surface area contributed by atoms with Crippen LogP contribution in [0, 0.1) is 4.64 Å². The molecule has 0 aromatic carbocycles. The highest BCUT2D eigenvalue weighted by atomic mass is 79.9. The summed E-state index contributed by atoms with van der Waals surface area (Å²) in [6, 6.07) is 0. The summed E-state index contributed by atoms with van der Waals surface area (Å²) in [5, 5.41) is 0.664. The first-order valence-electron chi connectivity index (χ1n) is 5.47. The van der Waals surface area contributed by atoms with Gasteiger partial charge in [0.2, 0.25) is 0 Å². The van der Waals surface area contributed by atoms with E-state index in [2.05, 4.69) is 46.7 Å². The molecule has 0 aliphatic carbocycles. The van der Waals surface area contributed by atoms with Crippen molar-refractivity contribution >= 4 is 39.9 Å². The van der Waals surface area contributed by atoms with E-state index in [1.54, 1.807) is 0 Å². The maximum Gasteiger partial charge on any atom is 0.144 e. The number of aromatic amines is 1. The maximum absolute atomic E-state index is 5.22. The quantitative estimate of drug-likeness (QED) is 0.810. The van der Waals surface area contributed by atoms with Crippen LogP contribution >= 0.6 is 39.9 Å². The Morgan fingerprint density at radius 1 is 1.50 bits per heavy atom. The molecule has 5 heteroatoms. The summed E-state index contributed by atoms with van der Waals surface area (Å²) in [6.07, 6.45) is 2.12. The molecule has 2 nitrogen and oxygen atoms in total. The number of aryl methyl sites for hydroxylation is 1. The first-order chi connectivity index (χ1) is 7.58. The van der Waals surface area contributed by atoms with Gasteiger partial charge in [-0.1, -0.05) is 33.0 Å². The van der Waals surface area contributed by atoms with Crippen LogP contribution in [0.5, 0.6) is 0 Å². The van der Waals surface area contributed by atoms with Crippen LogP contribution < -0.4 is 0 Å². The van der Waals surface area contributed by atoms with E-state index in [4.69, 9.17) is 12.2 Å². The highest BCUT2D eigenvalue weighted by Crippen LogP contribution is 2.21. The zero-order chi connectivity index (χ0) is 12.1. The summed E-state index contributed by atoms with van der Waals surface area (Å²) in [7, 11) is 0. The lowest BCUT2D eigenvalue weighted by atomic mass is 10.3. The molecule has 1 atom stereocenters. The van der Waals surface area contributed by atoms with Crippen molar-refractivity contribution in [2.45, 2.75) is 44.6 Å². The van der Waals surface area contributed by atoms with Crippen LogP contribution in [-0.4, -0.2) is 15.2 Å². The Hall–Kier alpha value is 0.130. The third-order valence-electron chi connectivity index (χ3n) is 2.42. The van der Waals surface area contributed by atoms with E-state index < -0.39 is 0 Å². The van der Waals surface area contributed by atoms with Gasteiger partial charge in [0, 0.05) is 10.9 Å². The molecule has 1 heterocycles.